The monoisotopic (exact) mass is 336 g/mol. The lowest BCUT2D eigenvalue weighted by molar-refractivity contribution is -0.385. The van der Waals surface area contributed by atoms with Crippen LogP contribution in [0.5, 0.6) is 0 Å². The summed E-state index contributed by atoms with van der Waals surface area (Å²) in [6, 6.07) is 9.64. The van der Waals surface area contributed by atoms with Crippen molar-refractivity contribution in [2.75, 3.05) is 10.8 Å². The van der Waals surface area contributed by atoms with E-state index < -0.39 is 20.8 Å². The molecule has 0 atom stereocenters. The molecule has 0 fully saturated rings. The first-order chi connectivity index (χ1) is 10.9. The second-order valence-corrected chi connectivity index (χ2v) is 6.42. The van der Waals surface area contributed by atoms with Crippen LogP contribution in [0.1, 0.15) is 0 Å². The van der Waals surface area contributed by atoms with Crippen LogP contribution in [0, 0.1) is 15.9 Å². The van der Waals surface area contributed by atoms with Gasteiger partial charge in [-0.2, -0.15) is 0 Å². The molecule has 0 aliphatic heterocycles. The molecule has 0 radical (unpaired) electrons. The fourth-order valence-corrected chi connectivity index (χ4v) is 3.43. The van der Waals surface area contributed by atoms with Crippen molar-refractivity contribution in [3.05, 3.63) is 77.1 Å². The number of anilines is 1. The van der Waals surface area contributed by atoms with Crippen molar-refractivity contribution >= 4 is 21.4 Å². The summed E-state index contributed by atoms with van der Waals surface area (Å²) in [6.07, 6.45) is 1.37. The molecule has 0 aromatic heterocycles. The zero-order valence-electron chi connectivity index (χ0n) is 11.9. The van der Waals surface area contributed by atoms with Gasteiger partial charge in [-0.15, -0.1) is 6.58 Å². The van der Waals surface area contributed by atoms with Crippen molar-refractivity contribution in [3.8, 4) is 0 Å². The van der Waals surface area contributed by atoms with Gasteiger partial charge in [0.2, 0.25) is 0 Å². The lowest BCUT2D eigenvalue weighted by Gasteiger charge is -2.23. The molecule has 0 heterocycles. The molecule has 120 valence electrons. The maximum atomic E-state index is 13.0. The minimum Gasteiger partial charge on any atom is -0.263 e. The molecule has 0 N–H and O–H groups in total. The first-order valence-corrected chi connectivity index (χ1v) is 7.94. The Kier molecular flexibility index (Phi) is 4.75. The number of hydrogen-bond donors (Lipinski definition) is 0. The Morgan fingerprint density at radius 3 is 2.43 bits per heavy atom. The summed E-state index contributed by atoms with van der Waals surface area (Å²) >= 11 is 0. The van der Waals surface area contributed by atoms with E-state index in [2.05, 4.69) is 6.58 Å². The minimum absolute atomic E-state index is 0.0589. The fourth-order valence-electron chi connectivity index (χ4n) is 1.95. The molecule has 0 spiro atoms. The van der Waals surface area contributed by atoms with Crippen molar-refractivity contribution in [1.29, 1.82) is 0 Å². The average Bonchev–Trinajstić information content (AvgIpc) is 2.53. The highest BCUT2D eigenvalue weighted by Gasteiger charge is 2.25. The highest BCUT2D eigenvalue weighted by atomic mass is 32.2. The summed E-state index contributed by atoms with van der Waals surface area (Å²) in [5.74, 6) is -0.500. The van der Waals surface area contributed by atoms with Gasteiger partial charge in [0, 0.05) is 12.1 Å². The highest BCUT2D eigenvalue weighted by Crippen LogP contribution is 2.26. The van der Waals surface area contributed by atoms with Gasteiger partial charge in [-0.1, -0.05) is 12.1 Å². The Morgan fingerprint density at radius 2 is 1.87 bits per heavy atom. The van der Waals surface area contributed by atoms with Crippen molar-refractivity contribution in [2.24, 2.45) is 0 Å². The Labute approximate surface area is 132 Å². The van der Waals surface area contributed by atoms with E-state index >= 15 is 0 Å². The molecule has 0 unspecified atom stereocenters. The number of benzene rings is 2. The Balaban J connectivity index is 2.52. The van der Waals surface area contributed by atoms with Gasteiger partial charge in [0.15, 0.2) is 0 Å². The van der Waals surface area contributed by atoms with Gasteiger partial charge in [-0.3, -0.25) is 14.4 Å². The Morgan fingerprint density at radius 1 is 1.22 bits per heavy atom. The molecular weight excluding hydrogens is 323 g/mol. The normalized spacial score (nSPS) is 11.0. The summed E-state index contributed by atoms with van der Waals surface area (Å²) in [7, 11) is -4.05. The van der Waals surface area contributed by atoms with E-state index in [1.807, 2.05) is 0 Å². The zero-order chi connectivity index (χ0) is 17.0. The predicted molar refractivity (Wildman–Crippen MR) is 84.2 cm³/mol. The van der Waals surface area contributed by atoms with E-state index in [4.69, 9.17) is 0 Å². The third-order valence-corrected chi connectivity index (χ3v) is 4.82. The van der Waals surface area contributed by atoms with Crippen LogP contribution in [0.15, 0.2) is 66.1 Å². The molecule has 0 saturated heterocycles. The van der Waals surface area contributed by atoms with E-state index in [9.17, 15) is 22.9 Å². The van der Waals surface area contributed by atoms with Gasteiger partial charge in [0.25, 0.3) is 15.7 Å². The van der Waals surface area contributed by atoms with Crippen LogP contribution in [0.25, 0.3) is 0 Å². The summed E-state index contributed by atoms with van der Waals surface area (Å²) in [5.41, 5.74) is -0.0958. The van der Waals surface area contributed by atoms with Crippen molar-refractivity contribution < 1.29 is 17.7 Å². The third-order valence-electron chi connectivity index (χ3n) is 3.03. The van der Waals surface area contributed by atoms with E-state index in [0.717, 1.165) is 22.5 Å². The van der Waals surface area contributed by atoms with Crippen molar-refractivity contribution in [3.63, 3.8) is 0 Å². The SMILES string of the molecule is C=CCN(c1ccc(F)cc1)S(=O)(=O)c1cccc([N+](=O)[O-])c1. The summed E-state index contributed by atoms with van der Waals surface area (Å²) in [4.78, 5) is 9.93. The number of nitro benzene ring substituents is 1. The number of non-ortho nitro benzene ring substituents is 1. The maximum Gasteiger partial charge on any atom is 0.270 e. The molecule has 0 aliphatic rings. The second-order valence-electron chi connectivity index (χ2n) is 4.56. The number of nitro groups is 1. The smallest absolute Gasteiger partial charge is 0.263 e. The summed E-state index contributed by atoms with van der Waals surface area (Å²) in [5, 5.41) is 10.8. The Hall–Kier alpha value is -2.74. The van der Waals surface area contributed by atoms with E-state index in [1.165, 1.54) is 36.4 Å². The lowest BCUT2D eigenvalue weighted by Crippen LogP contribution is -2.31. The lowest BCUT2D eigenvalue weighted by atomic mass is 10.3. The largest absolute Gasteiger partial charge is 0.270 e. The predicted octanol–water partition coefficient (Wildman–Crippen LogP) is 3.12. The zero-order valence-corrected chi connectivity index (χ0v) is 12.7. The van der Waals surface area contributed by atoms with Gasteiger partial charge in [-0.05, 0) is 30.3 Å². The molecule has 2 aromatic carbocycles. The van der Waals surface area contributed by atoms with Gasteiger partial charge in [0.1, 0.15) is 5.82 Å². The maximum absolute atomic E-state index is 13.0. The molecule has 0 saturated carbocycles. The molecule has 2 rings (SSSR count). The van der Waals surface area contributed by atoms with E-state index in [1.54, 1.807) is 0 Å². The quantitative estimate of drug-likeness (QED) is 0.461. The van der Waals surface area contributed by atoms with Crippen LogP contribution in [-0.2, 0) is 10.0 Å². The number of nitrogens with zero attached hydrogens (tertiary/aromatic N) is 2. The van der Waals surface area contributed by atoms with Crippen molar-refractivity contribution in [1.82, 2.24) is 0 Å². The molecule has 0 aliphatic carbocycles. The van der Waals surface area contributed by atoms with Crippen LogP contribution in [0.2, 0.25) is 0 Å². The van der Waals surface area contributed by atoms with Crippen LogP contribution in [-0.4, -0.2) is 19.9 Å². The van der Waals surface area contributed by atoms with Gasteiger partial charge in [0.05, 0.1) is 22.1 Å². The van der Waals surface area contributed by atoms with Crippen LogP contribution >= 0.6 is 0 Å². The first kappa shape index (κ1) is 16.6. The van der Waals surface area contributed by atoms with Gasteiger partial charge >= 0.3 is 0 Å². The van der Waals surface area contributed by atoms with E-state index in [-0.39, 0.29) is 22.8 Å². The van der Waals surface area contributed by atoms with Gasteiger partial charge in [-0.25, -0.2) is 12.8 Å². The van der Waals surface area contributed by atoms with Crippen molar-refractivity contribution in [2.45, 2.75) is 4.90 Å². The number of halogens is 1. The molecule has 0 bridgehead atoms. The first-order valence-electron chi connectivity index (χ1n) is 6.50. The molecule has 2 aromatic rings. The van der Waals surface area contributed by atoms with Crippen LogP contribution < -0.4 is 4.31 Å². The molecule has 8 heteroatoms. The highest BCUT2D eigenvalue weighted by molar-refractivity contribution is 7.92. The summed E-state index contributed by atoms with van der Waals surface area (Å²) in [6.45, 7) is 3.45. The molecule has 6 nitrogen and oxygen atoms in total. The number of rotatable bonds is 6. The summed E-state index contributed by atoms with van der Waals surface area (Å²) < 4.78 is 39.5. The average molecular weight is 336 g/mol. The number of sulfonamides is 1. The fraction of sp³-hybridized carbons (Fsp3) is 0.0667. The molecule has 0 amide bonds. The van der Waals surface area contributed by atoms with E-state index in [0.29, 0.717) is 0 Å². The van der Waals surface area contributed by atoms with Crippen LogP contribution in [0.3, 0.4) is 0 Å². The third kappa shape index (κ3) is 3.54. The topological polar surface area (TPSA) is 80.5 Å². The van der Waals surface area contributed by atoms with Crippen LogP contribution in [0.4, 0.5) is 15.8 Å². The standard InChI is InChI=1S/C15H13FN2O4S/c1-2-10-17(13-8-6-12(16)7-9-13)23(21,22)15-5-3-4-14(11-15)18(19)20/h2-9,11H,1,10H2. The number of hydrogen-bond acceptors (Lipinski definition) is 4. The Bertz CT molecular complexity index is 835. The minimum atomic E-state index is -4.05. The van der Waals surface area contributed by atoms with Gasteiger partial charge < -0.3 is 0 Å². The second kappa shape index (κ2) is 6.57. The molecule has 23 heavy (non-hydrogen) atoms. The molecular formula is C15H13FN2O4S.